The predicted molar refractivity (Wildman–Crippen MR) is 129 cm³/mol. The molecule has 0 saturated carbocycles. The van der Waals surface area contributed by atoms with Gasteiger partial charge in [0.05, 0.1) is 6.54 Å². The molecule has 1 saturated heterocycles. The topological polar surface area (TPSA) is 51.2 Å². The van der Waals surface area contributed by atoms with Crippen molar-refractivity contribution in [1.29, 1.82) is 0 Å². The van der Waals surface area contributed by atoms with Crippen molar-refractivity contribution in [2.45, 2.75) is 27.2 Å². The maximum absolute atomic E-state index is 12.4. The molecule has 1 unspecified atom stereocenters. The van der Waals surface area contributed by atoms with Gasteiger partial charge in [0.2, 0.25) is 5.91 Å². The fraction of sp³-hybridized carbons (Fsp3) is 0.619. The molecular formula is C21H36IN5O. The van der Waals surface area contributed by atoms with Crippen LogP contribution >= 0.6 is 24.0 Å². The Morgan fingerprint density at radius 3 is 2.50 bits per heavy atom. The largest absolute Gasteiger partial charge is 0.371 e. The molecule has 0 aliphatic carbocycles. The number of carbonyl (C=O) groups is 1. The van der Waals surface area contributed by atoms with Crippen LogP contribution in [0.5, 0.6) is 0 Å². The highest BCUT2D eigenvalue weighted by molar-refractivity contribution is 14.0. The van der Waals surface area contributed by atoms with Gasteiger partial charge < -0.3 is 20.0 Å². The van der Waals surface area contributed by atoms with Gasteiger partial charge in [-0.1, -0.05) is 18.2 Å². The Labute approximate surface area is 187 Å². The molecule has 1 aliphatic rings. The van der Waals surface area contributed by atoms with Crippen molar-refractivity contribution in [2.24, 2.45) is 10.9 Å². The van der Waals surface area contributed by atoms with E-state index in [0.29, 0.717) is 12.5 Å². The summed E-state index contributed by atoms with van der Waals surface area (Å²) in [5, 5.41) is 3.32. The second-order valence-electron chi connectivity index (χ2n) is 7.05. The van der Waals surface area contributed by atoms with Crippen LogP contribution in [0.15, 0.2) is 35.3 Å². The second kappa shape index (κ2) is 12.9. The van der Waals surface area contributed by atoms with E-state index in [0.717, 1.165) is 51.6 Å². The number of benzene rings is 1. The molecule has 1 aromatic rings. The zero-order valence-corrected chi connectivity index (χ0v) is 20.1. The number of carbonyl (C=O) groups excluding carboxylic acids is 1. The number of rotatable bonds is 8. The Balaban J connectivity index is 0.00000392. The maximum Gasteiger partial charge on any atom is 0.242 e. The van der Waals surface area contributed by atoms with Gasteiger partial charge in [-0.05, 0) is 45.2 Å². The lowest BCUT2D eigenvalue weighted by Gasteiger charge is -2.26. The smallest absolute Gasteiger partial charge is 0.242 e. The highest BCUT2D eigenvalue weighted by Crippen LogP contribution is 2.23. The van der Waals surface area contributed by atoms with Crippen molar-refractivity contribution < 1.29 is 4.79 Å². The molecule has 1 aliphatic heterocycles. The lowest BCUT2D eigenvalue weighted by molar-refractivity contribution is -0.131. The number of amides is 1. The van der Waals surface area contributed by atoms with Crippen molar-refractivity contribution in [1.82, 2.24) is 15.1 Å². The van der Waals surface area contributed by atoms with Gasteiger partial charge in [-0.25, -0.2) is 0 Å². The summed E-state index contributed by atoms with van der Waals surface area (Å²) in [6.45, 7) is 11.6. The first-order valence-electron chi connectivity index (χ1n) is 10.2. The number of guanidine groups is 1. The molecule has 1 N–H and O–H groups in total. The number of hydrogen-bond donors (Lipinski definition) is 1. The molecule has 28 heavy (non-hydrogen) atoms. The van der Waals surface area contributed by atoms with Crippen LogP contribution in [-0.4, -0.2) is 74.5 Å². The molecule has 0 aromatic heterocycles. The summed E-state index contributed by atoms with van der Waals surface area (Å²) in [6, 6.07) is 10.6. The number of halogens is 1. The van der Waals surface area contributed by atoms with Crippen LogP contribution in [0.3, 0.4) is 0 Å². The summed E-state index contributed by atoms with van der Waals surface area (Å²) in [4.78, 5) is 23.4. The quantitative estimate of drug-likeness (QED) is 0.338. The molecule has 1 amide bonds. The summed E-state index contributed by atoms with van der Waals surface area (Å²) in [7, 11) is 1.94. The lowest BCUT2D eigenvalue weighted by atomic mass is 10.1. The van der Waals surface area contributed by atoms with Gasteiger partial charge in [0, 0.05) is 52.0 Å². The fourth-order valence-electron chi connectivity index (χ4n) is 3.49. The van der Waals surface area contributed by atoms with Crippen LogP contribution in [0.4, 0.5) is 5.69 Å². The van der Waals surface area contributed by atoms with Gasteiger partial charge in [-0.3, -0.25) is 9.79 Å². The number of para-hydroxylation sites is 1. The lowest BCUT2D eigenvalue weighted by Crippen LogP contribution is -2.45. The van der Waals surface area contributed by atoms with E-state index in [-0.39, 0.29) is 29.9 Å². The van der Waals surface area contributed by atoms with Crippen molar-refractivity contribution in [2.75, 3.05) is 57.8 Å². The third-order valence-corrected chi connectivity index (χ3v) is 5.09. The molecule has 2 rings (SSSR count). The third kappa shape index (κ3) is 7.14. The van der Waals surface area contributed by atoms with Gasteiger partial charge in [-0.15, -0.1) is 24.0 Å². The minimum absolute atomic E-state index is 0. The number of nitrogens with zero attached hydrogens (tertiary/aromatic N) is 4. The monoisotopic (exact) mass is 501 g/mol. The highest BCUT2D eigenvalue weighted by Gasteiger charge is 2.23. The molecule has 0 spiro atoms. The second-order valence-corrected chi connectivity index (χ2v) is 7.05. The fourth-order valence-corrected chi connectivity index (χ4v) is 3.49. The first-order valence-corrected chi connectivity index (χ1v) is 10.2. The van der Waals surface area contributed by atoms with Crippen LogP contribution in [0.25, 0.3) is 0 Å². The zero-order chi connectivity index (χ0) is 19.6. The molecule has 158 valence electrons. The Hall–Kier alpha value is -1.51. The summed E-state index contributed by atoms with van der Waals surface area (Å²) in [5.41, 5.74) is 1.29. The molecule has 0 bridgehead atoms. The van der Waals surface area contributed by atoms with Gasteiger partial charge in [0.1, 0.15) is 0 Å². The van der Waals surface area contributed by atoms with Crippen molar-refractivity contribution in [3.05, 3.63) is 30.3 Å². The van der Waals surface area contributed by atoms with E-state index < -0.39 is 0 Å². The van der Waals surface area contributed by atoms with Gasteiger partial charge in [0.15, 0.2) is 5.96 Å². The van der Waals surface area contributed by atoms with Crippen LogP contribution < -0.4 is 10.2 Å². The van der Waals surface area contributed by atoms with Crippen LogP contribution in [0.1, 0.15) is 27.2 Å². The van der Waals surface area contributed by atoms with Crippen LogP contribution in [-0.2, 0) is 4.79 Å². The number of aliphatic imine (C=N–C) groups is 1. The average molecular weight is 501 g/mol. The minimum atomic E-state index is 0. The summed E-state index contributed by atoms with van der Waals surface area (Å²) >= 11 is 0. The Bertz CT molecular complexity index is 606. The van der Waals surface area contributed by atoms with Crippen molar-refractivity contribution in [3.63, 3.8) is 0 Å². The van der Waals surface area contributed by atoms with Gasteiger partial charge >= 0.3 is 0 Å². The first kappa shape index (κ1) is 24.5. The average Bonchev–Trinajstić information content (AvgIpc) is 3.15. The van der Waals surface area contributed by atoms with Crippen LogP contribution in [0, 0.1) is 5.92 Å². The third-order valence-electron chi connectivity index (χ3n) is 5.09. The van der Waals surface area contributed by atoms with E-state index in [1.165, 1.54) is 5.69 Å². The number of hydrogen-bond acceptors (Lipinski definition) is 3. The SMILES string of the molecule is CCNC(=NCC1CCN(c2ccccc2)C1)N(C)CC(=O)N(CC)CC.I. The first-order chi connectivity index (χ1) is 13.1. The van der Waals surface area contributed by atoms with Crippen LogP contribution in [0.2, 0.25) is 0 Å². The van der Waals surface area contributed by atoms with Crippen molar-refractivity contribution in [3.8, 4) is 0 Å². The Morgan fingerprint density at radius 2 is 1.89 bits per heavy atom. The van der Waals surface area contributed by atoms with Gasteiger partial charge in [-0.2, -0.15) is 0 Å². The van der Waals surface area contributed by atoms with Gasteiger partial charge in [0.25, 0.3) is 0 Å². The molecule has 1 fully saturated rings. The molecular weight excluding hydrogens is 465 g/mol. The zero-order valence-electron chi connectivity index (χ0n) is 17.7. The standard InChI is InChI=1S/C21H35N5O.HI/c1-5-22-21(24(4)17-20(27)25(6-2)7-3)23-15-18-13-14-26(16-18)19-11-9-8-10-12-19;/h8-12,18H,5-7,13-17H2,1-4H3,(H,22,23);1H. The minimum Gasteiger partial charge on any atom is -0.371 e. The Morgan fingerprint density at radius 1 is 1.21 bits per heavy atom. The molecule has 1 heterocycles. The van der Waals surface area contributed by atoms with E-state index in [4.69, 9.17) is 4.99 Å². The van der Waals surface area contributed by atoms with E-state index in [1.54, 1.807) is 0 Å². The molecule has 1 atom stereocenters. The summed E-state index contributed by atoms with van der Waals surface area (Å²) in [5.74, 6) is 1.51. The Kier molecular flexibility index (Phi) is 11.3. The molecule has 1 aromatic carbocycles. The van der Waals surface area contributed by atoms with E-state index in [1.807, 2.05) is 30.7 Å². The molecule has 7 heteroatoms. The van der Waals surface area contributed by atoms with Crippen molar-refractivity contribution >= 4 is 41.5 Å². The summed E-state index contributed by atoms with van der Waals surface area (Å²) in [6.07, 6.45) is 1.15. The predicted octanol–water partition coefficient (Wildman–Crippen LogP) is 2.90. The summed E-state index contributed by atoms with van der Waals surface area (Å²) < 4.78 is 0. The van der Waals surface area contributed by atoms with E-state index in [2.05, 4.69) is 47.5 Å². The van der Waals surface area contributed by atoms with E-state index >= 15 is 0 Å². The number of likely N-dealkylation sites (N-methyl/N-ethyl adjacent to an activating group) is 2. The maximum atomic E-state index is 12.4. The molecule has 0 radical (unpaired) electrons. The normalized spacial score (nSPS) is 16.5. The number of nitrogens with one attached hydrogen (secondary N) is 1. The number of anilines is 1. The molecule has 6 nitrogen and oxygen atoms in total. The van der Waals surface area contributed by atoms with E-state index in [9.17, 15) is 4.79 Å². The highest BCUT2D eigenvalue weighted by atomic mass is 127.